The summed E-state index contributed by atoms with van der Waals surface area (Å²) >= 11 is 0. The molecule has 0 bridgehead atoms. The van der Waals surface area contributed by atoms with E-state index in [4.69, 9.17) is 0 Å². The Balaban J connectivity index is 1.17. The Bertz CT molecular complexity index is 1410. The average Bonchev–Trinajstić information content (AvgIpc) is 3.25. The molecule has 7 nitrogen and oxygen atoms in total. The largest absolute Gasteiger partial charge is 0.393 e. The molecule has 1 amide bonds. The number of carbonyl (C=O) groups is 1. The lowest BCUT2D eigenvalue weighted by Gasteiger charge is -2.31. The van der Waals surface area contributed by atoms with Crippen LogP contribution in [-0.2, 0) is 7.05 Å². The molecule has 5 rings (SSSR count). The number of aliphatic hydroxyl groups is 1. The van der Waals surface area contributed by atoms with Crippen molar-refractivity contribution in [3.05, 3.63) is 96.1 Å². The van der Waals surface area contributed by atoms with E-state index < -0.39 is 5.82 Å². The number of piperidine rings is 1. The van der Waals surface area contributed by atoms with Crippen LogP contribution in [0.2, 0.25) is 0 Å². The molecule has 0 atom stereocenters. The number of hydrogen-bond donors (Lipinski definition) is 4. The van der Waals surface area contributed by atoms with Crippen molar-refractivity contribution in [3.63, 3.8) is 0 Å². The van der Waals surface area contributed by atoms with Gasteiger partial charge in [0.15, 0.2) is 0 Å². The number of carbonyl (C=O) groups excluding carboxylic acids is 1. The predicted octanol–water partition coefficient (Wildman–Crippen LogP) is 6.17. The maximum Gasteiger partial charge on any atom is 0.272 e. The minimum Gasteiger partial charge on any atom is -0.393 e. The van der Waals surface area contributed by atoms with E-state index in [9.17, 15) is 14.3 Å². The highest BCUT2D eigenvalue weighted by Crippen LogP contribution is 2.27. The number of benzene rings is 3. The third-order valence-corrected chi connectivity index (χ3v) is 6.98. The normalized spacial score (nSPS) is 13.8. The summed E-state index contributed by atoms with van der Waals surface area (Å²) in [5, 5.41) is 18.9. The molecule has 196 valence electrons. The first-order valence-electron chi connectivity index (χ1n) is 12.8. The fourth-order valence-corrected chi connectivity index (χ4v) is 4.57. The van der Waals surface area contributed by atoms with Gasteiger partial charge in [0, 0.05) is 54.3 Å². The minimum atomic E-state index is -0.462. The van der Waals surface area contributed by atoms with Crippen LogP contribution in [-0.4, -0.2) is 34.8 Å². The summed E-state index contributed by atoms with van der Waals surface area (Å²) < 4.78 is 16.6. The SMILES string of the molecule is Cc1ccc(C(=O)Nc2ccc(Nc3ccc(Nc4ccc(N5CCC(O)CC5)cc4)cc3)c(F)c2)n1C. The fourth-order valence-electron chi connectivity index (χ4n) is 4.57. The molecule has 0 saturated carbocycles. The molecule has 38 heavy (non-hydrogen) atoms. The van der Waals surface area contributed by atoms with E-state index in [2.05, 4.69) is 33.0 Å². The van der Waals surface area contributed by atoms with Crippen LogP contribution in [0.4, 0.5) is 38.5 Å². The zero-order valence-corrected chi connectivity index (χ0v) is 21.5. The van der Waals surface area contributed by atoms with Crippen LogP contribution in [0.3, 0.4) is 0 Å². The molecule has 1 aliphatic heterocycles. The van der Waals surface area contributed by atoms with Crippen molar-refractivity contribution in [1.29, 1.82) is 0 Å². The molecular formula is C30H32FN5O2. The van der Waals surface area contributed by atoms with Gasteiger partial charge in [0.25, 0.3) is 5.91 Å². The standard InChI is InChI=1S/C30H32FN5O2/c1-20-3-14-29(35(20)2)30(38)34-24-10-13-28(27(31)19-24)33-23-6-4-21(5-7-23)32-22-8-11-25(12-9-22)36-17-15-26(37)16-18-36/h3-14,19,26,32-33,37H,15-18H2,1-2H3,(H,34,38). The third-order valence-electron chi connectivity index (χ3n) is 6.98. The Kier molecular flexibility index (Phi) is 7.33. The second-order valence-electron chi connectivity index (χ2n) is 9.66. The Hall–Kier alpha value is -4.30. The summed E-state index contributed by atoms with van der Waals surface area (Å²) in [5.41, 5.74) is 5.98. The van der Waals surface area contributed by atoms with Gasteiger partial charge in [-0.1, -0.05) is 0 Å². The number of amides is 1. The zero-order valence-electron chi connectivity index (χ0n) is 21.5. The molecule has 1 aromatic heterocycles. The number of nitrogens with zero attached hydrogens (tertiary/aromatic N) is 2. The van der Waals surface area contributed by atoms with Gasteiger partial charge >= 0.3 is 0 Å². The predicted molar refractivity (Wildman–Crippen MR) is 151 cm³/mol. The molecule has 1 fully saturated rings. The van der Waals surface area contributed by atoms with E-state index in [1.165, 1.54) is 6.07 Å². The molecule has 2 heterocycles. The van der Waals surface area contributed by atoms with Crippen molar-refractivity contribution < 1.29 is 14.3 Å². The lowest BCUT2D eigenvalue weighted by Crippen LogP contribution is -2.35. The molecule has 4 aromatic rings. The van der Waals surface area contributed by atoms with E-state index in [1.807, 2.05) is 56.4 Å². The fraction of sp³-hybridized carbons (Fsp3) is 0.233. The highest BCUT2D eigenvalue weighted by Gasteiger charge is 2.17. The highest BCUT2D eigenvalue weighted by molar-refractivity contribution is 6.03. The van der Waals surface area contributed by atoms with Crippen LogP contribution in [0, 0.1) is 12.7 Å². The lowest BCUT2D eigenvalue weighted by atomic mass is 10.1. The number of hydrogen-bond acceptors (Lipinski definition) is 5. The molecule has 8 heteroatoms. The molecule has 3 aromatic carbocycles. The summed E-state index contributed by atoms with van der Waals surface area (Å²) in [6.45, 7) is 3.65. The Morgan fingerprint density at radius 2 is 1.42 bits per heavy atom. The molecule has 0 radical (unpaired) electrons. The summed E-state index contributed by atoms with van der Waals surface area (Å²) in [4.78, 5) is 14.8. The number of aromatic nitrogens is 1. The third kappa shape index (κ3) is 5.81. The summed E-state index contributed by atoms with van der Waals surface area (Å²) in [7, 11) is 1.82. The van der Waals surface area contributed by atoms with Crippen LogP contribution >= 0.6 is 0 Å². The number of aryl methyl sites for hydroxylation is 1. The molecule has 0 unspecified atom stereocenters. The second kappa shape index (κ2) is 11.0. The van der Waals surface area contributed by atoms with Gasteiger partial charge in [0.2, 0.25) is 0 Å². The van der Waals surface area contributed by atoms with Gasteiger partial charge in [0.05, 0.1) is 11.8 Å². The van der Waals surface area contributed by atoms with E-state index in [0.29, 0.717) is 17.1 Å². The summed E-state index contributed by atoms with van der Waals surface area (Å²) in [6, 6.07) is 24.1. The van der Waals surface area contributed by atoms with Crippen LogP contribution in [0.25, 0.3) is 0 Å². The topological polar surface area (TPSA) is 81.6 Å². The van der Waals surface area contributed by atoms with E-state index in [1.54, 1.807) is 22.8 Å². The number of nitrogens with one attached hydrogen (secondary N) is 3. The Labute approximate surface area is 221 Å². The molecule has 1 aliphatic rings. The maximum atomic E-state index is 14.8. The van der Waals surface area contributed by atoms with E-state index in [0.717, 1.165) is 54.4 Å². The monoisotopic (exact) mass is 513 g/mol. The molecule has 0 aliphatic carbocycles. The van der Waals surface area contributed by atoms with Crippen molar-refractivity contribution in [3.8, 4) is 0 Å². The first-order chi connectivity index (χ1) is 18.4. The van der Waals surface area contributed by atoms with Crippen molar-refractivity contribution in [2.75, 3.05) is 33.9 Å². The highest BCUT2D eigenvalue weighted by atomic mass is 19.1. The zero-order chi connectivity index (χ0) is 26.6. The summed E-state index contributed by atoms with van der Waals surface area (Å²) in [6.07, 6.45) is 1.43. The minimum absolute atomic E-state index is 0.183. The van der Waals surface area contributed by atoms with Gasteiger partial charge in [-0.25, -0.2) is 4.39 Å². The van der Waals surface area contributed by atoms with Crippen molar-refractivity contribution in [2.24, 2.45) is 7.05 Å². The van der Waals surface area contributed by atoms with Crippen molar-refractivity contribution >= 4 is 40.0 Å². The van der Waals surface area contributed by atoms with Gasteiger partial charge in [-0.2, -0.15) is 0 Å². The maximum absolute atomic E-state index is 14.8. The smallest absolute Gasteiger partial charge is 0.272 e. The van der Waals surface area contributed by atoms with Crippen LogP contribution in [0.1, 0.15) is 29.0 Å². The summed E-state index contributed by atoms with van der Waals surface area (Å²) in [5.74, 6) is -0.749. The number of aliphatic hydroxyl groups excluding tert-OH is 1. The average molecular weight is 514 g/mol. The van der Waals surface area contributed by atoms with Gasteiger partial charge in [-0.15, -0.1) is 0 Å². The van der Waals surface area contributed by atoms with Gasteiger partial charge < -0.3 is 30.5 Å². The molecule has 4 N–H and O–H groups in total. The van der Waals surface area contributed by atoms with Gasteiger partial charge in [-0.05, 0) is 98.6 Å². The van der Waals surface area contributed by atoms with E-state index >= 15 is 0 Å². The van der Waals surface area contributed by atoms with Gasteiger partial charge in [-0.3, -0.25) is 4.79 Å². The first-order valence-corrected chi connectivity index (χ1v) is 12.8. The Morgan fingerprint density at radius 1 is 0.842 bits per heavy atom. The van der Waals surface area contributed by atoms with Crippen LogP contribution in [0.5, 0.6) is 0 Å². The second-order valence-corrected chi connectivity index (χ2v) is 9.66. The lowest BCUT2D eigenvalue weighted by molar-refractivity contribution is 0.101. The van der Waals surface area contributed by atoms with Crippen molar-refractivity contribution in [2.45, 2.75) is 25.9 Å². The van der Waals surface area contributed by atoms with Crippen molar-refractivity contribution in [1.82, 2.24) is 4.57 Å². The Morgan fingerprint density at radius 3 is 2.00 bits per heavy atom. The first kappa shape index (κ1) is 25.4. The molecule has 0 spiro atoms. The molecular weight excluding hydrogens is 481 g/mol. The number of anilines is 6. The van der Waals surface area contributed by atoms with Gasteiger partial charge in [0.1, 0.15) is 11.5 Å². The van der Waals surface area contributed by atoms with E-state index in [-0.39, 0.29) is 12.0 Å². The molecule has 1 saturated heterocycles. The number of halogens is 1. The quantitative estimate of drug-likeness (QED) is 0.238. The van der Waals surface area contributed by atoms with Crippen LogP contribution < -0.4 is 20.9 Å². The van der Waals surface area contributed by atoms with Crippen LogP contribution in [0.15, 0.2) is 78.9 Å². The number of rotatable bonds is 7.